The van der Waals surface area contributed by atoms with Crippen LogP contribution in [0.25, 0.3) is 55.2 Å². The summed E-state index contributed by atoms with van der Waals surface area (Å²) in [5.74, 6) is 0. The van der Waals surface area contributed by atoms with Crippen molar-refractivity contribution >= 4 is 27.0 Å². The zero-order valence-corrected chi connectivity index (χ0v) is 34.0. The van der Waals surface area contributed by atoms with Crippen molar-refractivity contribution < 1.29 is 48.1 Å². The van der Waals surface area contributed by atoms with Crippen LogP contribution in [0.2, 0.25) is 13.1 Å². The van der Waals surface area contributed by atoms with Crippen molar-refractivity contribution in [3.8, 4) is 33.6 Å². The summed E-state index contributed by atoms with van der Waals surface area (Å²) < 4.78 is 3.94. The van der Waals surface area contributed by atoms with Gasteiger partial charge in [0.1, 0.15) is 25.3 Å². The minimum atomic E-state index is 0. The maximum Gasteiger partial charge on any atom is 0.123 e. The van der Waals surface area contributed by atoms with Crippen molar-refractivity contribution in [2.75, 3.05) is 0 Å². The molecule has 10 heteroatoms. The second kappa shape index (κ2) is 17.3. The molecule has 0 fully saturated rings. The van der Waals surface area contributed by atoms with E-state index < -0.39 is 0 Å². The van der Waals surface area contributed by atoms with Gasteiger partial charge in [0.15, 0.2) is 0 Å². The van der Waals surface area contributed by atoms with Crippen LogP contribution in [0.15, 0.2) is 122 Å². The molecule has 0 radical (unpaired) electrons. The molecular formula is C40H38Cl2N6SiZr-2. The number of aryl methyl sites for hydroxylation is 4. The number of fused-ring (bicyclic) bond motifs is 2. The monoisotopic (exact) mass is 790 g/mol. The SMILES string of the molecule is C[Si](C)=[Zr+2].Cc1ccc(-c2cc(-n3cnnc3)c3cc(C)[cH-]c3c2)cc1.Cc1ccc(-c2cc(-n3cnnc3)c3cc(C)[cH-]c3c2)cc1.[Cl-].[Cl-]. The third-order valence-electron chi connectivity index (χ3n) is 8.05. The molecule has 0 aliphatic carbocycles. The fourth-order valence-corrected chi connectivity index (χ4v) is 5.81. The molecule has 8 aromatic rings. The summed E-state index contributed by atoms with van der Waals surface area (Å²) >= 11 is 1.74. The Morgan fingerprint density at radius 3 is 1.14 bits per heavy atom. The summed E-state index contributed by atoms with van der Waals surface area (Å²) in [7, 11) is 0. The van der Waals surface area contributed by atoms with Crippen LogP contribution in [0.3, 0.4) is 0 Å². The van der Waals surface area contributed by atoms with Crippen molar-refractivity contribution in [2.45, 2.75) is 40.8 Å². The average molecular weight is 793 g/mol. The van der Waals surface area contributed by atoms with Crippen LogP contribution in [0, 0.1) is 27.7 Å². The van der Waals surface area contributed by atoms with Crippen molar-refractivity contribution in [3.05, 3.63) is 145 Å². The van der Waals surface area contributed by atoms with E-state index in [0.717, 1.165) is 11.4 Å². The Morgan fingerprint density at radius 1 is 0.500 bits per heavy atom. The van der Waals surface area contributed by atoms with Crippen LogP contribution < -0.4 is 24.8 Å². The largest absolute Gasteiger partial charge is 1.00 e. The summed E-state index contributed by atoms with van der Waals surface area (Å²) in [6.07, 6.45) is 6.98. The first-order chi connectivity index (χ1) is 23.1. The van der Waals surface area contributed by atoms with E-state index in [9.17, 15) is 0 Å². The predicted octanol–water partition coefficient (Wildman–Crippen LogP) is 3.64. The van der Waals surface area contributed by atoms with Gasteiger partial charge in [0, 0.05) is 11.4 Å². The Morgan fingerprint density at radius 2 is 0.820 bits per heavy atom. The Kier molecular flexibility index (Phi) is 13.5. The second-order valence-electron chi connectivity index (χ2n) is 12.5. The van der Waals surface area contributed by atoms with Crippen molar-refractivity contribution in [1.82, 2.24) is 29.5 Å². The van der Waals surface area contributed by atoms with Gasteiger partial charge in [-0.1, -0.05) is 84.6 Å². The molecule has 50 heavy (non-hydrogen) atoms. The Bertz CT molecular complexity index is 2140. The predicted molar refractivity (Wildman–Crippen MR) is 196 cm³/mol. The minimum Gasteiger partial charge on any atom is -1.00 e. The molecule has 252 valence electrons. The smallest absolute Gasteiger partial charge is 0.123 e. The first-order valence-corrected chi connectivity index (χ1v) is 22.1. The molecule has 0 aliphatic rings. The van der Waals surface area contributed by atoms with Crippen molar-refractivity contribution in [2.24, 2.45) is 0 Å². The summed E-state index contributed by atoms with van der Waals surface area (Å²) in [5.41, 5.74) is 12.4. The van der Waals surface area contributed by atoms with Crippen LogP contribution in [0.4, 0.5) is 0 Å². The van der Waals surface area contributed by atoms with Crippen LogP contribution in [0.5, 0.6) is 0 Å². The van der Waals surface area contributed by atoms with E-state index in [1.807, 2.05) is 9.13 Å². The number of hydrogen-bond acceptors (Lipinski definition) is 4. The maximum atomic E-state index is 3.94. The molecule has 6 aromatic carbocycles. The number of hydrogen-bond donors (Lipinski definition) is 0. The molecule has 0 bridgehead atoms. The minimum absolute atomic E-state index is 0. The van der Waals surface area contributed by atoms with Crippen molar-refractivity contribution in [1.29, 1.82) is 0 Å². The van der Waals surface area contributed by atoms with Gasteiger partial charge in [0.25, 0.3) is 0 Å². The molecule has 0 aliphatic heterocycles. The molecule has 0 amide bonds. The molecule has 2 aromatic heterocycles. The van der Waals surface area contributed by atoms with Gasteiger partial charge in [-0.2, -0.15) is 12.1 Å². The molecule has 2 heterocycles. The van der Waals surface area contributed by atoms with Crippen LogP contribution in [0.1, 0.15) is 22.3 Å². The summed E-state index contributed by atoms with van der Waals surface area (Å²) in [6, 6.07) is 35.0. The molecule has 0 saturated heterocycles. The number of rotatable bonds is 4. The molecular weight excluding hydrogens is 755 g/mol. The fourth-order valence-electron chi connectivity index (χ4n) is 5.81. The number of aromatic nitrogens is 6. The number of benzene rings is 4. The molecule has 0 spiro atoms. The Balaban J connectivity index is 0.000000196. The zero-order valence-electron chi connectivity index (χ0n) is 29.0. The van der Waals surface area contributed by atoms with E-state index in [4.69, 9.17) is 0 Å². The normalized spacial score (nSPS) is 10.4. The van der Waals surface area contributed by atoms with Gasteiger partial charge in [0.2, 0.25) is 0 Å². The van der Waals surface area contributed by atoms with Gasteiger partial charge < -0.3 is 24.8 Å². The Hall–Kier alpha value is -3.94. The maximum absolute atomic E-state index is 3.94. The quantitative estimate of drug-likeness (QED) is 0.202. The van der Waals surface area contributed by atoms with E-state index >= 15 is 0 Å². The van der Waals surface area contributed by atoms with Gasteiger partial charge in [-0.3, -0.25) is 9.13 Å². The fraction of sp³-hybridized carbons (Fsp3) is 0.150. The van der Waals surface area contributed by atoms with Crippen LogP contribution in [-0.2, 0) is 23.3 Å². The van der Waals surface area contributed by atoms with Crippen molar-refractivity contribution in [3.63, 3.8) is 0 Å². The molecule has 8 rings (SSSR count). The van der Waals surface area contributed by atoms with Crippen LogP contribution in [-0.4, -0.2) is 35.0 Å². The topological polar surface area (TPSA) is 61.4 Å². The first-order valence-electron chi connectivity index (χ1n) is 15.9. The van der Waals surface area contributed by atoms with E-state index in [1.165, 1.54) is 66.1 Å². The van der Waals surface area contributed by atoms with E-state index in [1.54, 1.807) is 48.6 Å². The molecule has 6 nitrogen and oxygen atoms in total. The van der Waals surface area contributed by atoms with Gasteiger partial charge in [-0.05, 0) is 37.1 Å². The second-order valence-corrected chi connectivity index (χ2v) is 21.9. The standard InChI is InChI=1S/2C19H16N3.C2H6Si.2ClH.Zr/c2*1-13-3-5-15(6-4-13)16-9-17-7-14(2)8-18(17)19(10-16)22-11-20-21-12-22;1-3-2;;;/h2*3-12H,1-2H3;1-2H3;2*1H;/q2*-1;;;;+2/p-2. The number of halogens is 2. The average Bonchev–Trinajstić information content (AvgIpc) is 3.88. The van der Waals surface area contributed by atoms with Gasteiger partial charge >= 0.3 is 41.9 Å². The van der Waals surface area contributed by atoms with Gasteiger partial charge in [-0.15, -0.1) is 77.3 Å². The third-order valence-corrected chi connectivity index (χ3v) is 8.05. The van der Waals surface area contributed by atoms with E-state index in [-0.39, 0.29) is 30.2 Å². The Labute approximate surface area is 321 Å². The van der Waals surface area contributed by atoms with E-state index in [0.29, 0.717) is 0 Å². The third kappa shape index (κ3) is 9.23. The summed E-state index contributed by atoms with van der Waals surface area (Å²) in [5, 5.41) is 20.7. The van der Waals surface area contributed by atoms with E-state index in [2.05, 4.69) is 158 Å². The molecule has 0 N–H and O–H groups in total. The van der Waals surface area contributed by atoms with Gasteiger partial charge in [-0.25, -0.2) is 0 Å². The van der Waals surface area contributed by atoms with Crippen LogP contribution >= 0.6 is 0 Å². The molecule has 0 saturated carbocycles. The molecule has 0 atom stereocenters. The molecule has 0 unspecified atom stereocenters. The summed E-state index contributed by atoms with van der Waals surface area (Å²) in [4.78, 5) is 0. The summed E-state index contributed by atoms with van der Waals surface area (Å²) in [6.45, 7) is 13.1. The first kappa shape index (κ1) is 38.9. The zero-order chi connectivity index (χ0) is 33.8. The number of nitrogens with zero attached hydrogens (tertiary/aromatic N) is 6. The van der Waals surface area contributed by atoms with Gasteiger partial charge in [0.05, 0.1) is 0 Å².